The maximum absolute atomic E-state index is 12.8. The quantitative estimate of drug-likeness (QED) is 0.631. The van der Waals surface area contributed by atoms with Gasteiger partial charge in [-0.2, -0.15) is 0 Å². The molecule has 0 unspecified atom stereocenters. The minimum atomic E-state index is -0.639. The first-order valence-corrected chi connectivity index (χ1v) is 9.83. The number of aryl methyl sites for hydroxylation is 1. The molecule has 0 fully saturated rings. The van der Waals surface area contributed by atoms with E-state index in [0.29, 0.717) is 21.7 Å². The number of amides is 3. The average molecular weight is 398 g/mol. The minimum Gasteiger partial charge on any atom is -0.440 e. The molecule has 8 heteroatoms. The van der Waals surface area contributed by atoms with E-state index in [0.717, 1.165) is 41.0 Å². The molecule has 0 saturated heterocycles. The van der Waals surface area contributed by atoms with E-state index in [9.17, 15) is 19.2 Å². The largest absolute Gasteiger partial charge is 0.440 e. The topological polar surface area (TPSA) is 92.8 Å². The third kappa shape index (κ3) is 3.09. The highest BCUT2D eigenvalue weighted by Gasteiger charge is 2.36. The van der Waals surface area contributed by atoms with E-state index in [4.69, 9.17) is 4.74 Å². The third-order valence-corrected chi connectivity index (χ3v) is 6.08. The minimum absolute atomic E-state index is 0.270. The number of esters is 1. The van der Waals surface area contributed by atoms with Crippen LogP contribution in [0.1, 0.15) is 61.3 Å². The average Bonchev–Trinajstić information content (AvgIpc) is 3.15. The second-order valence-corrected chi connectivity index (χ2v) is 7.85. The number of nitrogens with zero attached hydrogens (tertiary/aromatic N) is 1. The Kier molecular flexibility index (Phi) is 4.72. The number of ether oxygens (including phenoxy) is 1. The zero-order chi connectivity index (χ0) is 19.8. The molecule has 0 radical (unpaired) electrons. The van der Waals surface area contributed by atoms with E-state index < -0.39 is 24.5 Å². The van der Waals surface area contributed by atoms with Crippen LogP contribution < -0.4 is 5.32 Å². The molecule has 3 amide bonds. The summed E-state index contributed by atoms with van der Waals surface area (Å²) in [4.78, 5) is 51.1. The molecule has 2 aliphatic rings. The van der Waals surface area contributed by atoms with Crippen molar-refractivity contribution >= 4 is 40.0 Å². The number of fused-ring (bicyclic) bond motifs is 2. The molecule has 0 atom stereocenters. The van der Waals surface area contributed by atoms with Crippen LogP contribution in [0.4, 0.5) is 5.00 Å². The number of hydrogen-bond acceptors (Lipinski definition) is 6. The Morgan fingerprint density at radius 2 is 1.75 bits per heavy atom. The van der Waals surface area contributed by atoms with Crippen LogP contribution in [0.5, 0.6) is 0 Å². The zero-order valence-corrected chi connectivity index (χ0v) is 16.1. The monoisotopic (exact) mass is 398 g/mol. The summed E-state index contributed by atoms with van der Waals surface area (Å²) >= 11 is 1.39. The zero-order valence-electron chi connectivity index (χ0n) is 15.2. The predicted octanol–water partition coefficient (Wildman–Crippen LogP) is 3.00. The van der Waals surface area contributed by atoms with Crippen molar-refractivity contribution in [2.75, 3.05) is 12.0 Å². The summed E-state index contributed by atoms with van der Waals surface area (Å²) < 4.78 is 5.33. The molecule has 4 rings (SSSR count). The van der Waals surface area contributed by atoms with Gasteiger partial charge in [-0.15, -0.1) is 11.3 Å². The molecule has 1 N–H and O–H groups in total. The SMILES string of the molecule is CC(=O)Nc1sc2c(c1C(=O)OCN1C(=O)c3ccccc3C1=O)CCCC2. The van der Waals surface area contributed by atoms with E-state index >= 15 is 0 Å². The van der Waals surface area contributed by atoms with E-state index in [1.165, 1.54) is 18.3 Å². The number of imide groups is 1. The molecule has 28 heavy (non-hydrogen) atoms. The molecule has 7 nitrogen and oxygen atoms in total. The molecule has 1 aliphatic carbocycles. The molecule has 0 spiro atoms. The van der Waals surface area contributed by atoms with Crippen molar-refractivity contribution in [1.82, 2.24) is 4.90 Å². The van der Waals surface area contributed by atoms with Crippen molar-refractivity contribution in [3.8, 4) is 0 Å². The highest BCUT2D eigenvalue weighted by atomic mass is 32.1. The molecule has 0 bridgehead atoms. The van der Waals surface area contributed by atoms with Crippen LogP contribution >= 0.6 is 11.3 Å². The molecule has 1 aromatic carbocycles. The van der Waals surface area contributed by atoms with Gasteiger partial charge in [-0.3, -0.25) is 14.4 Å². The maximum atomic E-state index is 12.8. The van der Waals surface area contributed by atoms with Gasteiger partial charge in [0.15, 0.2) is 6.73 Å². The molecule has 1 aromatic heterocycles. The first-order valence-electron chi connectivity index (χ1n) is 9.02. The van der Waals surface area contributed by atoms with Crippen molar-refractivity contribution < 1.29 is 23.9 Å². The van der Waals surface area contributed by atoms with Gasteiger partial charge in [0.2, 0.25) is 5.91 Å². The van der Waals surface area contributed by atoms with Gasteiger partial charge in [0.05, 0.1) is 16.7 Å². The first kappa shape index (κ1) is 18.4. The van der Waals surface area contributed by atoms with Gasteiger partial charge in [0.1, 0.15) is 5.00 Å². The number of rotatable bonds is 4. The highest BCUT2D eigenvalue weighted by molar-refractivity contribution is 7.17. The van der Waals surface area contributed by atoms with Crippen molar-refractivity contribution in [2.45, 2.75) is 32.6 Å². The lowest BCUT2D eigenvalue weighted by atomic mass is 9.95. The Balaban J connectivity index is 1.55. The van der Waals surface area contributed by atoms with Gasteiger partial charge in [-0.05, 0) is 43.4 Å². The molecule has 0 saturated carbocycles. The van der Waals surface area contributed by atoms with Crippen molar-refractivity contribution in [2.24, 2.45) is 0 Å². The summed E-state index contributed by atoms with van der Waals surface area (Å²) in [5.74, 6) is -1.88. The van der Waals surface area contributed by atoms with Gasteiger partial charge in [0, 0.05) is 11.8 Å². The maximum Gasteiger partial charge on any atom is 0.343 e. The van der Waals surface area contributed by atoms with Gasteiger partial charge < -0.3 is 10.1 Å². The van der Waals surface area contributed by atoms with Gasteiger partial charge in [0.25, 0.3) is 11.8 Å². The third-order valence-electron chi connectivity index (χ3n) is 4.87. The number of hydrogen-bond donors (Lipinski definition) is 1. The second-order valence-electron chi connectivity index (χ2n) is 6.74. The fraction of sp³-hybridized carbons (Fsp3) is 0.300. The van der Waals surface area contributed by atoms with Crippen LogP contribution in [0, 0.1) is 0 Å². The molecular weight excluding hydrogens is 380 g/mol. The van der Waals surface area contributed by atoms with Crippen LogP contribution in [0.25, 0.3) is 0 Å². The molecule has 2 aromatic rings. The van der Waals surface area contributed by atoms with Crippen molar-refractivity contribution in [3.05, 3.63) is 51.4 Å². The summed E-state index contributed by atoms with van der Waals surface area (Å²) in [6.45, 7) is 0.919. The second kappa shape index (κ2) is 7.20. The summed E-state index contributed by atoms with van der Waals surface area (Å²) in [5.41, 5.74) is 1.84. The van der Waals surface area contributed by atoms with Gasteiger partial charge >= 0.3 is 5.97 Å². The summed E-state index contributed by atoms with van der Waals surface area (Å²) in [6, 6.07) is 6.50. The molecule has 2 heterocycles. The Hall–Kier alpha value is -3.00. The number of nitrogens with one attached hydrogen (secondary N) is 1. The summed E-state index contributed by atoms with van der Waals surface area (Å²) in [5, 5.41) is 3.17. The van der Waals surface area contributed by atoms with Crippen LogP contribution in [-0.4, -0.2) is 35.3 Å². The van der Waals surface area contributed by atoms with E-state index in [1.807, 2.05) is 0 Å². The summed E-state index contributed by atoms with van der Waals surface area (Å²) in [7, 11) is 0. The Morgan fingerprint density at radius 3 is 2.39 bits per heavy atom. The number of carbonyl (C=O) groups excluding carboxylic acids is 4. The van der Waals surface area contributed by atoms with E-state index in [1.54, 1.807) is 24.3 Å². The Labute approximate surface area is 165 Å². The molecule has 144 valence electrons. The van der Waals surface area contributed by atoms with Gasteiger partial charge in [-0.1, -0.05) is 12.1 Å². The Morgan fingerprint density at radius 1 is 1.11 bits per heavy atom. The van der Waals surface area contributed by atoms with Crippen LogP contribution in [-0.2, 0) is 22.4 Å². The highest BCUT2D eigenvalue weighted by Crippen LogP contribution is 2.38. The van der Waals surface area contributed by atoms with Crippen molar-refractivity contribution in [3.63, 3.8) is 0 Å². The van der Waals surface area contributed by atoms with E-state index in [2.05, 4.69) is 5.32 Å². The van der Waals surface area contributed by atoms with Crippen LogP contribution in [0.2, 0.25) is 0 Å². The number of thiophene rings is 1. The fourth-order valence-corrected chi connectivity index (χ4v) is 4.90. The lowest BCUT2D eigenvalue weighted by molar-refractivity contribution is -0.114. The molecular formula is C20H18N2O5S. The predicted molar refractivity (Wildman–Crippen MR) is 102 cm³/mol. The van der Waals surface area contributed by atoms with Crippen molar-refractivity contribution in [1.29, 1.82) is 0 Å². The summed E-state index contributed by atoms with van der Waals surface area (Å²) in [6.07, 6.45) is 3.60. The fourth-order valence-electron chi connectivity index (χ4n) is 3.58. The lowest BCUT2D eigenvalue weighted by Gasteiger charge is -2.16. The lowest BCUT2D eigenvalue weighted by Crippen LogP contribution is -2.33. The molecule has 1 aliphatic heterocycles. The van der Waals surface area contributed by atoms with Gasteiger partial charge in [-0.25, -0.2) is 9.69 Å². The standard InChI is InChI=1S/C20H18N2O5S/c1-11(23)21-17-16(14-8-4-5-9-15(14)28-17)20(26)27-10-22-18(24)12-6-2-3-7-13(12)19(22)25/h2-3,6-7H,4-5,8-10H2,1H3,(H,21,23). The van der Waals surface area contributed by atoms with E-state index in [-0.39, 0.29) is 5.91 Å². The number of anilines is 1. The number of carbonyl (C=O) groups is 4. The van der Waals surface area contributed by atoms with Crippen LogP contribution in [0.3, 0.4) is 0 Å². The Bertz CT molecular complexity index is 975. The van der Waals surface area contributed by atoms with Crippen LogP contribution in [0.15, 0.2) is 24.3 Å². The first-order chi connectivity index (χ1) is 13.5. The number of benzene rings is 1. The normalized spacial score (nSPS) is 15.2. The smallest absolute Gasteiger partial charge is 0.343 e.